The van der Waals surface area contributed by atoms with Crippen molar-refractivity contribution in [2.24, 2.45) is 11.8 Å². The minimum Gasteiger partial charge on any atom is -0.271 e. The normalized spacial score (nSPS) is 23.4. The van der Waals surface area contributed by atoms with Crippen molar-refractivity contribution >= 4 is 21.4 Å². The SMILES string of the molecule is CS(=O)(=O)N1CCCC(CC(NN)c2cccs2)C1. The first kappa shape index (κ1) is 14.9. The lowest BCUT2D eigenvalue weighted by Gasteiger charge is -2.32. The molecule has 1 aliphatic heterocycles. The summed E-state index contributed by atoms with van der Waals surface area (Å²) in [5.41, 5.74) is 2.85. The second-order valence-electron chi connectivity index (χ2n) is 5.10. The van der Waals surface area contributed by atoms with Crippen molar-refractivity contribution in [3.05, 3.63) is 22.4 Å². The zero-order valence-electron chi connectivity index (χ0n) is 11.1. The van der Waals surface area contributed by atoms with E-state index in [0.29, 0.717) is 19.0 Å². The highest BCUT2D eigenvalue weighted by molar-refractivity contribution is 7.88. The van der Waals surface area contributed by atoms with Gasteiger partial charge >= 0.3 is 0 Å². The molecule has 1 fully saturated rings. The van der Waals surface area contributed by atoms with E-state index in [-0.39, 0.29) is 6.04 Å². The molecule has 0 radical (unpaired) electrons. The molecule has 1 aromatic rings. The first-order chi connectivity index (χ1) is 9.00. The molecule has 1 aromatic heterocycles. The molecule has 0 spiro atoms. The molecular formula is C12H21N3O2S2. The number of nitrogens with one attached hydrogen (secondary N) is 1. The van der Waals surface area contributed by atoms with E-state index in [1.807, 2.05) is 11.4 Å². The minimum atomic E-state index is -3.07. The number of nitrogens with two attached hydrogens (primary N) is 1. The molecular weight excluding hydrogens is 282 g/mol. The lowest BCUT2D eigenvalue weighted by atomic mass is 9.92. The van der Waals surface area contributed by atoms with Gasteiger partial charge in [-0.25, -0.2) is 12.7 Å². The highest BCUT2D eigenvalue weighted by Crippen LogP contribution is 2.29. The molecule has 19 heavy (non-hydrogen) atoms. The van der Waals surface area contributed by atoms with E-state index in [1.165, 1.54) is 11.1 Å². The van der Waals surface area contributed by atoms with Crippen molar-refractivity contribution in [1.29, 1.82) is 0 Å². The molecule has 7 heteroatoms. The van der Waals surface area contributed by atoms with Crippen molar-refractivity contribution in [3.63, 3.8) is 0 Å². The Morgan fingerprint density at radius 2 is 2.42 bits per heavy atom. The van der Waals surface area contributed by atoms with E-state index in [1.54, 1.807) is 15.6 Å². The average Bonchev–Trinajstić information content (AvgIpc) is 2.89. The molecule has 0 aliphatic carbocycles. The van der Waals surface area contributed by atoms with Crippen LogP contribution in [0.15, 0.2) is 17.5 Å². The van der Waals surface area contributed by atoms with Crippen LogP contribution in [0.25, 0.3) is 0 Å². The molecule has 1 saturated heterocycles. The number of hydrogen-bond donors (Lipinski definition) is 2. The third-order valence-corrected chi connectivity index (χ3v) is 5.86. The Hall–Kier alpha value is -0.470. The first-order valence-corrected chi connectivity index (χ1v) is 9.18. The molecule has 0 aromatic carbocycles. The maximum absolute atomic E-state index is 11.6. The number of sulfonamides is 1. The van der Waals surface area contributed by atoms with E-state index in [4.69, 9.17) is 5.84 Å². The predicted molar refractivity (Wildman–Crippen MR) is 78.1 cm³/mol. The van der Waals surface area contributed by atoms with Crippen LogP contribution in [0.4, 0.5) is 0 Å². The molecule has 108 valence electrons. The van der Waals surface area contributed by atoms with Gasteiger partial charge in [0.15, 0.2) is 0 Å². The van der Waals surface area contributed by atoms with Crippen molar-refractivity contribution in [1.82, 2.24) is 9.73 Å². The second kappa shape index (κ2) is 6.32. The van der Waals surface area contributed by atoms with Crippen LogP contribution in [-0.2, 0) is 10.0 Å². The lowest BCUT2D eigenvalue weighted by Crippen LogP contribution is -2.40. The van der Waals surface area contributed by atoms with Crippen LogP contribution in [0, 0.1) is 5.92 Å². The van der Waals surface area contributed by atoms with E-state index in [0.717, 1.165) is 19.3 Å². The summed E-state index contributed by atoms with van der Waals surface area (Å²) < 4.78 is 24.8. The molecule has 0 amide bonds. The maximum atomic E-state index is 11.6. The van der Waals surface area contributed by atoms with Gasteiger partial charge in [0.1, 0.15) is 0 Å². The monoisotopic (exact) mass is 303 g/mol. The van der Waals surface area contributed by atoms with Gasteiger partial charge in [0, 0.05) is 18.0 Å². The smallest absolute Gasteiger partial charge is 0.211 e. The zero-order valence-corrected chi connectivity index (χ0v) is 12.7. The first-order valence-electron chi connectivity index (χ1n) is 6.45. The Balaban J connectivity index is 1.98. The number of piperidine rings is 1. The maximum Gasteiger partial charge on any atom is 0.211 e. The third kappa shape index (κ3) is 4.00. The van der Waals surface area contributed by atoms with Gasteiger partial charge < -0.3 is 0 Å². The molecule has 1 aliphatic rings. The standard InChI is InChI=1S/C12H21N3O2S2/c1-19(16,17)15-6-2-4-10(9-15)8-11(14-13)12-5-3-7-18-12/h3,5,7,10-11,14H,2,4,6,8-9,13H2,1H3. The highest BCUT2D eigenvalue weighted by Gasteiger charge is 2.28. The van der Waals surface area contributed by atoms with E-state index < -0.39 is 10.0 Å². The number of hydrogen-bond acceptors (Lipinski definition) is 5. The van der Waals surface area contributed by atoms with Crippen LogP contribution in [-0.4, -0.2) is 32.1 Å². The predicted octanol–water partition coefficient (Wildman–Crippen LogP) is 1.31. The van der Waals surface area contributed by atoms with Crippen molar-refractivity contribution < 1.29 is 8.42 Å². The summed E-state index contributed by atoms with van der Waals surface area (Å²) in [5, 5.41) is 2.03. The van der Waals surface area contributed by atoms with Crippen molar-refractivity contribution in [2.45, 2.75) is 25.3 Å². The van der Waals surface area contributed by atoms with Gasteiger partial charge in [0.2, 0.25) is 10.0 Å². The Kier molecular flexibility index (Phi) is 4.97. The molecule has 0 bridgehead atoms. The Bertz CT molecular complexity index is 487. The lowest BCUT2D eigenvalue weighted by molar-refractivity contribution is 0.239. The quantitative estimate of drug-likeness (QED) is 0.635. The summed E-state index contributed by atoms with van der Waals surface area (Å²) >= 11 is 1.68. The molecule has 2 atom stereocenters. The summed E-state index contributed by atoms with van der Waals surface area (Å²) in [4.78, 5) is 1.21. The van der Waals surface area contributed by atoms with Gasteiger partial charge in [-0.15, -0.1) is 11.3 Å². The summed E-state index contributed by atoms with van der Waals surface area (Å²) in [6.45, 7) is 1.26. The van der Waals surface area contributed by atoms with Gasteiger partial charge in [-0.3, -0.25) is 11.3 Å². The van der Waals surface area contributed by atoms with E-state index in [2.05, 4.69) is 11.5 Å². The summed E-state index contributed by atoms with van der Waals surface area (Å²) in [5.74, 6) is 5.99. The molecule has 0 saturated carbocycles. The van der Waals surface area contributed by atoms with Gasteiger partial charge in [-0.2, -0.15) is 0 Å². The van der Waals surface area contributed by atoms with Gasteiger partial charge in [-0.1, -0.05) is 6.07 Å². The topological polar surface area (TPSA) is 75.4 Å². The molecule has 3 N–H and O–H groups in total. The van der Waals surface area contributed by atoms with Crippen LogP contribution in [0.3, 0.4) is 0 Å². The van der Waals surface area contributed by atoms with Crippen LogP contribution in [0.5, 0.6) is 0 Å². The van der Waals surface area contributed by atoms with Crippen molar-refractivity contribution in [3.8, 4) is 0 Å². The third-order valence-electron chi connectivity index (χ3n) is 3.61. The fraction of sp³-hybridized carbons (Fsp3) is 0.667. The molecule has 2 rings (SSSR count). The van der Waals surface area contributed by atoms with Gasteiger partial charge in [-0.05, 0) is 36.6 Å². The zero-order chi connectivity index (χ0) is 13.9. The number of thiophene rings is 1. The minimum absolute atomic E-state index is 0.115. The summed E-state index contributed by atoms with van der Waals surface area (Å²) in [6, 6.07) is 4.19. The summed E-state index contributed by atoms with van der Waals surface area (Å²) in [7, 11) is -3.07. The van der Waals surface area contributed by atoms with Gasteiger partial charge in [0.05, 0.1) is 12.3 Å². The fourth-order valence-electron chi connectivity index (χ4n) is 2.61. The van der Waals surface area contributed by atoms with Gasteiger partial charge in [0.25, 0.3) is 0 Å². The van der Waals surface area contributed by atoms with E-state index >= 15 is 0 Å². The van der Waals surface area contributed by atoms with Crippen LogP contribution >= 0.6 is 11.3 Å². The van der Waals surface area contributed by atoms with Crippen LogP contribution in [0.2, 0.25) is 0 Å². The number of hydrazine groups is 1. The average molecular weight is 303 g/mol. The highest BCUT2D eigenvalue weighted by atomic mass is 32.2. The Morgan fingerprint density at radius 3 is 3.00 bits per heavy atom. The number of rotatable bonds is 5. The van der Waals surface area contributed by atoms with Crippen molar-refractivity contribution in [2.75, 3.05) is 19.3 Å². The molecule has 5 nitrogen and oxygen atoms in total. The fourth-order valence-corrected chi connectivity index (χ4v) is 4.35. The molecule has 2 heterocycles. The Labute approximate surface area is 118 Å². The molecule has 2 unspecified atom stereocenters. The van der Waals surface area contributed by atoms with Crippen LogP contribution < -0.4 is 11.3 Å². The van der Waals surface area contributed by atoms with Crippen LogP contribution in [0.1, 0.15) is 30.2 Å². The summed E-state index contributed by atoms with van der Waals surface area (Å²) in [6.07, 6.45) is 4.16. The number of nitrogens with zero attached hydrogens (tertiary/aromatic N) is 1. The van der Waals surface area contributed by atoms with E-state index in [9.17, 15) is 8.42 Å². The largest absolute Gasteiger partial charge is 0.271 e. The Morgan fingerprint density at radius 1 is 1.63 bits per heavy atom. The second-order valence-corrected chi connectivity index (χ2v) is 8.06.